The van der Waals surface area contributed by atoms with Gasteiger partial charge >= 0.3 is 11.8 Å². The Morgan fingerprint density at radius 2 is 1.77 bits per heavy atom. The van der Waals surface area contributed by atoms with E-state index in [4.69, 9.17) is 4.42 Å². The highest BCUT2D eigenvalue weighted by Gasteiger charge is 2.17. The third-order valence-corrected chi connectivity index (χ3v) is 2.70. The molecule has 5 nitrogen and oxygen atoms in total. The van der Waals surface area contributed by atoms with Gasteiger partial charge in [-0.15, -0.1) is 0 Å². The molecule has 2 rings (SSSR count). The summed E-state index contributed by atoms with van der Waals surface area (Å²) in [6, 6.07) is 4.11. The van der Waals surface area contributed by atoms with Crippen LogP contribution in [0.2, 0.25) is 0 Å². The lowest BCUT2D eigenvalue weighted by Gasteiger charge is -2.07. The quantitative estimate of drug-likeness (QED) is 0.670. The van der Waals surface area contributed by atoms with Gasteiger partial charge in [-0.3, -0.25) is 9.59 Å². The Hall–Kier alpha value is -2.77. The number of carbonyl (C=O) groups excluding carboxylic acids is 2. The monoisotopic (exact) mass is 312 g/mol. The van der Waals surface area contributed by atoms with Crippen molar-refractivity contribution in [2.45, 2.75) is 6.42 Å². The molecule has 0 saturated heterocycles. The van der Waals surface area contributed by atoms with E-state index in [0.29, 0.717) is 18.2 Å². The Bertz CT molecular complexity index is 687. The number of nitrogens with one attached hydrogen (secondary N) is 2. The van der Waals surface area contributed by atoms with Crippen LogP contribution < -0.4 is 10.6 Å². The Morgan fingerprint density at radius 1 is 1.05 bits per heavy atom. The first-order valence-electron chi connectivity index (χ1n) is 6.23. The maximum absolute atomic E-state index is 13.3. The maximum atomic E-state index is 13.3. The molecule has 0 unspecified atom stereocenters. The number of hydrogen-bond acceptors (Lipinski definition) is 3. The van der Waals surface area contributed by atoms with Crippen molar-refractivity contribution in [2.24, 2.45) is 0 Å². The second-order valence-corrected chi connectivity index (χ2v) is 4.29. The fraction of sp³-hybridized carbons (Fsp3) is 0.143. The number of rotatable bonds is 4. The van der Waals surface area contributed by atoms with Gasteiger partial charge in [0.1, 0.15) is 11.6 Å². The zero-order valence-corrected chi connectivity index (χ0v) is 11.2. The van der Waals surface area contributed by atoms with Crippen molar-refractivity contribution >= 4 is 17.5 Å². The van der Waals surface area contributed by atoms with E-state index in [-0.39, 0.29) is 12.6 Å². The van der Waals surface area contributed by atoms with Crippen molar-refractivity contribution in [3.8, 4) is 0 Å². The Morgan fingerprint density at radius 3 is 2.45 bits per heavy atom. The molecule has 2 amide bonds. The molecule has 0 saturated carbocycles. The van der Waals surface area contributed by atoms with Crippen LogP contribution in [0, 0.1) is 17.5 Å². The molecule has 1 aromatic carbocycles. The van der Waals surface area contributed by atoms with Gasteiger partial charge in [0.2, 0.25) is 0 Å². The van der Waals surface area contributed by atoms with E-state index >= 15 is 0 Å². The van der Waals surface area contributed by atoms with Gasteiger partial charge in [-0.05, 0) is 12.1 Å². The molecule has 0 aliphatic carbocycles. The summed E-state index contributed by atoms with van der Waals surface area (Å²) in [5, 5.41) is 4.15. The molecular formula is C14H11F3N2O3. The average molecular weight is 312 g/mol. The van der Waals surface area contributed by atoms with Gasteiger partial charge in [-0.25, -0.2) is 13.2 Å². The third-order valence-electron chi connectivity index (χ3n) is 2.70. The molecule has 2 N–H and O–H groups in total. The van der Waals surface area contributed by atoms with E-state index in [1.165, 1.54) is 6.26 Å². The molecule has 0 radical (unpaired) electrons. The summed E-state index contributed by atoms with van der Waals surface area (Å²) in [4.78, 5) is 23.0. The van der Waals surface area contributed by atoms with E-state index in [9.17, 15) is 22.8 Å². The predicted octanol–water partition coefficient (Wildman–Crippen LogP) is 1.99. The topological polar surface area (TPSA) is 71.3 Å². The van der Waals surface area contributed by atoms with Crippen LogP contribution >= 0.6 is 0 Å². The molecule has 0 fully saturated rings. The van der Waals surface area contributed by atoms with Gasteiger partial charge in [0.05, 0.1) is 12.0 Å². The van der Waals surface area contributed by atoms with Gasteiger partial charge in [-0.2, -0.15) is 0 Å². The highest BCUT2D eigenvalue weighted by molar-refractivity contribution is 6.39. The second kappa shape index (κ2) is 6.79. The first kappa shape index (κ1) is 15.6. The minimum Gasteiger partial charge on any atom is -0.469 e. The largest absolute Gasteiger partial charge is 0.469 e. The minimum absolute atomic E-state index is 0.125. The van der Waals surface area contributed by atoms with Crippen molar-refractivity contribution < 1.29 is 27.2 Å². The van der Waals surface area contributed by atoms with Crippen LogP contribution in [0.15, 0.2) is 34.9 Å². The molecule has 116 valence electrons. The van der Waals surface area contributed by atoms with Gasteiger partial charge in [-0.1, -0.05) is 0 Å². The van der Waals surface area contributed by atoms with Gasteiger partial charge in [0.25, 0.3) is 0 Å². The van der Waals surface area contributed by atoms with E-state index in [1.807, 2.05) is 5.32 Å². The van der Waals surface area contributed by atoms with Crippen molar-refractivity contribution in [1.29, 1.82) is 0 Å². The third kappa shape index (κ3) is 3.87. The van der Waals surface area contributed by atoms with Crippen molar-refractivity contribution in [3.63, 3.8) is 0 Å². The Kier molecular flexibility index (Phi) is 4.82. The number of anilines is 1. The van der Waals surface area contributed by atoms with Crippen LogP contribution in [0.25, 0.3) is 0 Å². The standard InChI is InChI=1S/C14H11F3N2O3/c15-9-6-11(17)12(7-10(9)16)19-14(21)13(20)18-4-3-8-2-1-5-22-8/h1-2,5-7H,3-4H2,(H,18,20)(H,19,21). The fourth-order valence-electron chi connectivity index (χ4n) is 1.63. The molecule has 0 bridgehead atoms. The number of halogens is 3. The van der Waals surface area contributed by atoms with Crippen LogP contribution in [0.5, 0.6) is 0 Å². The molecule has 1 aromatic heterocycles. The molecule has 8 heteroatoms. The number of amides is 2. The normalized spacial score (nSPS) is 10.3. The Balaban J connectivity index is 1.88. The first-order valence-corrected chi connectivity index (χ1v) is 6.23. The van der Waals surface area contributed by atoms with Crippen LogP contribution in [0.1, 0.15) is 5.76 Å². The molecular weight excluding hydrogens is 301 g/mol. The lowest BCUT2D eigenvalue weighted by atomic mass is 10.2. The number of carbonyl (C=O) groups is 2. The summed E-state index contributed by atoms with van der Waals surface area (Å²) in [6.45, 7) is 0.125. The number of hydrogen-bond donors (Lipinski definition) is 2. The smallest absolute Gasteiger partial charge is 0.313 e. The molecule has 22 heavy (non-hydrogen) atoms. The molecule has 0 atom stereocenters. The summed E-state index contributed by atoms with van der Waals surface area (Å²) in [7, 11) is 0. The van der Waals surface area contributed by atoms with E-state index in [2.05, 4.69) is 5.32 Å². The highest BCUT2D eigenvalue weighted by atomic mass is 19.2. The molecule has 1 heterocycles. The first-order chi connectivity index (χ1) is 10.5. The summed E-state index contributed by atoms with van der Waals surface area (Å²) in [5.41, 5.74) is -0.620. The highest BCUT2D eigenvalue weighted by Crippen LogP contribution is 2.18. The number of furan rings is 1. The SMILES string of the molecule is O=C(NCCc1ccco1)C(=O)Nc1cc(F)c(F)cc1F. The van der Waals surface area contributed by atoms with Gasteiger partial charge < -0.3 is 15.1 Å². The van der Waals surface area contributed by atoms with E-state index < -0.39 is 35.0 Å². The van der Waals surface area contributed by atoms with Crippen molar-refractivity contribution in [1.82, 2.24) is 5.32 Å². The zero-order chi connectivity index (χ0) is 16.1. The minimum atomic E-state index is -1.39. The maximum Gasteiger partial charge on any atom is 0.313 e. The second-order valence-electron chi connectivity index (χ2n) is 4.29. The Labute approximate surface area is 123 Å². The summed E-state index contributed by atoms with van der Waals surface area (Å²) >= 11 is 0. The van der Waals surface area contributed by atoms with E-state index in [0.717, 1.165) is 0 Å². The summed E-state index contributed by atoms with van der Waals surface area (Å²) < 4.78 is 44.1. The van der Waals surface area contributed by atoms with Crippen LogP contribution in [0.3, 0.4) is 0 Å². The van der Waals surface area contributed by atoms with E-state index in [1.54, 1.807) is 12.1 Å². The predicted molar refractivity (Wildman–Crippen MR) is 70.4 cm³/mol. The van der Waals surface area contributed by atoms with Gasteiger partial charge in [0.15, 0.2) is 11.6 Å². The lowest BCUT2D eigenvalue weighted by Crippen LogP contribution is -2.36. The summed E-state index contributed by atoms with van der Waals surface area (Å²) in [5.74, 6) is -5.52. The number of benzene rings is 1. The van der Waals surface area contributed by atoms with Crippen LogP contribution in [-0.2, 0) is 16.0 Å². The van der Waals surface area contributed by atoms with Crippen molar-refractivity contribution in [3.05, 3.63) is 53.7 Å². The molecule has 0 spiro atoms. The molecule has 0 aliphatic rings. The van der Waals surface area contributed by atoms with Crippen LogP contribution in [0.4, 0.5) is 18.9 Å². The van der Waals surface area contributed by atoms with Crippen LogP contribution in [-0.4, -0.2) is 18.4 Å². The fourth-order valence-corrected chi connectivity index (χ4v) is 1.63. The molecule has 2 aromatic rings. The van der Waals surface area contributed by atoms with Crippen molar-refractivity contribution in [2.75, 3.05) is 11.9 Å². The molecule has 0 aliphatic heterocycles. The lowest BCUT2D eigenvalue weighted by molar-refractivity contribution is -0.136. The summed E-state index contributed by atoms with van der Waals surface area (Å²) in [6.07, 6.45) is 1.83. The zero-order valence-electron chi connectivity index (χ0n) is 11.2. The van der Waals surface area contributed by atoms with Gasteiger partial charge in [0, 0.05) is 25.1 Å². The average Bonchev–Trinajstić information content (AvgIpc) is 2.97.